The van der Waals surface area contributed by atoms with E-state index in [0.717, 1.165) is 11.3 Å². The number of nitrogens with zero attached hydrogens (tertiary/aromatic N) is 1. The summed E-state index contributed by atoms with van der Waals surface area (Å²) < 4.78 is 5.52. The highest BCUT2D eigenvalue weighted by Gasteiger charge is 2.05. The van der Waals surface area contributed by atoms with E-state index in [1.54, 1.807) is 12.3 Å². The summed E-state index contributed by atoms with van der Waals surface area (Å²) in [5.41, 5.74) is 7.83. The van der Waals surface area contributed by atoms with Gasteiger partial charge in [0.25, 0.3) is 0 Å². The number of benzene rings is 1. The van der Waals surface area contributed by atoms with Crippen LogP contribution in [0.2, 0.25) is 0 Å². The van der Waals surface area contributed by atoms with Crippen LogP contribution in [0.4, 0.5) is 11.4 Å². The summed E-state index contributed by atoms with van der Waals surface area (Å²) in [5.74, 6) is 0.622. The number of carbonyl (C=O) groups excluding carboxylic acids is 1. The number of nitrogens with one attached hydrogen (secondary N) is 1. The number of nitrogens with two attached hydrogens (primary N) is 1. The first-order valence-corrected chi connectivity index (χ1v) is 6.34. The lowest BCUT2D eigenvalue weighted by molar-refractivity contribution is -0.116. The molecule has 2 aromatic rings. The number of amides is 1. The molecule has 20 heavy (non-hydrogen) atoms. The van der Waals surface area contributed by atoms with E-state index in [9.17, 15) is 4.79 Å². The maximum atomic E-state index is 11.8. The molecule has 0 fully saturated rings. The van der Waals surface area contributed by atoms with Crippen molar-refractivity contribution in [3.8, 4) is 5.75 Å². The summed E-state index contributed by atoms with van der Waals surface area (Å²) in [4.78, 5) is 15.6. The third-order valence-corrected chi connectivity index (χ3v) is 2.71. The zero-order chi connectivity index (χ0) is 14.4. The van der Waals surface area contributed by atoms with Crippen LogP contribution in [-0.2, 0) is 4.79 Å². The maximum absolute atomic E-state index is 11.8. The third-order valence-electron chi connectivity index (χ3n) is 2.71. The highest BCUT2D eigenvalue weighted by Crippen LogP contribution is 2.16. The van der Waals surface area contributed by atoms with Gasteiger partial charge in [0.15, 0.2) is 0 Å². The molecular weight excluding hydrogens is 254 g/mol. The van der Waals surface area contributed by atoms with Gasteiger partial charge in [-0.2, -0.15) is 0 Å². The molecule has 0 saturated heterocycles. The monoisotopic (exact) mass is 271 g/mol. The molecule has 2 rings (SSSR count). The first-order chi connectivity index (χ1) is 9.65. The van der Waals surface area contributed by atoms with Gasteiger partial charge < -0.3 is 15.8 Å². The number of aryl methyl sites for hydroxylation is 1. The number of ether oxygens (including phenoxy) is 1. The van der Waals surface area contributed by atoms with E-state index < -0.39 is 0 Å². The molecule has 0 spiro atoms. The van der Waals surface area contributed by atoms with Gasteiger partial charge in [-0.25, -0.2) is 0 Å². The van der Waals surface area contributed by atoms with E-state index in [1.165, 1.54) is 6.20 Å². The van der Waals surface area contributed by atoms with Gasteiger partial charge in [-0.05, 0) is 30.7 Å². The van der Waals surface area contributed by atoms with Gasteiger partial charge in [0, 0.05) is 6.20 Å². The second-order valence-corrected chi connectivity index (χ2v) is 4.43. The Morgan fingerprint density at radius 2 is 2.25 bits per heavy atom. The number of rotatable bonds is 5. The molecule has 5 nitrogen and oxygen atoms in total. The lowest BCUT2D eigenvalue weighted by Gasteiger charge is -2.09. The fourth-order valence-corrected chi connectivity index (χ4v) is 1.70. The van der Waals surface area contributed by atoms with Gasteiger partial charge in [0.1, 0.15) is 5.75 Å². The van der Waals surface area contributed by atoms with Gasteiger partial charge in [-0.3, -0.25) is 9.78 Å². The lowest BCUT2D eigenvalue weighted by atomic mass is 10.2. The fourth-order valence-electron chi connectivity index (χ4n) is 1.70. The summed E-state index contributed by atoms with van der Waals surface area (Å²) in [5, 5.41) is 2.72. The highest BCUT2D eigenvalue weighted by molar-refractivity contribution is 5.93. The Bertz CT molecular complexity index is 599. The number of nitrogen functional groups attached to an aromatic ring is 1. The fraction of sp³-hybridized carbons (Fsp3) is 0.200. The van der Waals surface area contributed by atoms with Crippen LogP contribution in [0.3, 0.4) is 0 Å². The molecule has 0 bridgehead atoms. The minimum atomic E-state index is -0.143. The summed E-state index contributed by atoms with van der Waals surface area (Å²) in [6.07, 6.45) is 3.34. The Kier molecular flexibility index (Phi) is 4.55. The Hall–Kier alpha value is -2.56. The van der Waals surface area contributed by atoms with E-state index in [-0.39, 0.29) is 12.3 Å². The minimum Gasteiger partial charge on any atom is -0.493 e. The van der Waals surface area contributed by atoms with Crippen molar-refractivity contribution >= 4 is 17.3 Å². The van der Waals surface area contributed by atoms with Gasteiger partial charge in [0.2, 0.25) is 5.91 Å². The van der Waals surface area contributed by atoms with Crippen LogP contribution in [0.25, 0.3) is 0 Å². The average Bonchev–Trinajstić information content (AvgIpc) is 2.41. The van der Waals surface area contributed by atoms with Crippen molar-refractivity contribution in [2.75, 3.05) is 17.7 Å². The van der Waals surface area contributed by atoms with Crippen molar-refractivity contribution in [1.82, 2.24) is 4.98 Å². The Morgan fingerprint density at radius 3 is 3.00 bits per heavy atom. The zero-order valence-corrected chi connectivity index (χ0v) is 11.3. The molecular formula is C15H17N3O2. The van der Waals surface area contributed by atoms with Crippen LogP contribution in [0.1, 0.15) is 12.0 Å². The number of carbonyl (C=O) groups is 1. The SMILES string of the molecule is Cc1cccc(OCCC(=O)Nc2ccncc2N)c1. The number of aromatic nitrogens is 1. The quantitative estimate of drug-likeness (QED) is 0.875. The molecule has 104 valence electrons. The van der Waals surface area contributed by atoms with Gasteiger partial charge in [0.05, 0.1) is 30.6 Å². The molecule has 0 radical (unpaired) electrons. The van der Waals surface area contributed by atoms with Gasteiger partial charge in [-0.15, -0.1) is 0 Å². The van der Waals surface area contributed by atoms with Crippen molar-refractivity contribution in [3.05, 3.63) is 48.3 Å². The topological polar surface area (TPSA) is 77.2 Å². The van der Waals surface area contributed by atoms with Crippen LogP contribution < -0.4 is 15.8 Å². The van der Waals surface area contributed by atoms with Crippen molar-refractivity contribution in [3.63, 3.8) is 0 Å². The third kappa shape index (κ3) is 3.98. The summed E-state index contributed by atoms with van der Waals surface area (Å²) in [6, 6.07) is 9.37. The van der Waals surface area contributed by atoms with Crippen molar-refractivity contribution < 1.29 is 9.53 Å². The van der Waals surface area contributed by atoms with Crippen LogP contribution in [-0.4, -0.2) is 17.5 Å². The molecule has 0 saturated carbocycles. The molecule has 1 amide bonds. The smallest absolute Gasteiger partial charge is 0.227 e. The summed E-state index contributed by atoms with van der Waals surface area (Å²) in [6.45, 7) is 2.31. The van der Waals surface area contributed by atoms with E-state index in [0.29, 0.717) is 18.0 Å². The van der Waals surface area contributed by atoms with Crippen LogP contribution in [0.5, 0.6) is 5.75 Å². The molecule has 3 N–H and O–H groups in total. The number of hydrogen-bond acceptors (Lipinski definition) is 4. The van der Waals surface area contributed by atoms with Crippen molar-refractivity contribution in [1.29, 1.82) is 0 Å². The first-order valence-electron chi connectivity index (χ1n) is 6.34. The maximum Gasteiger partial charge on any atom is 0.227 e. The highest BCUT2D eigenvalue weighted by atomic mass is 16.5. The first kappa shape index (κ1) is 13.9. The van der Waals surface area contributed by atoms with Gasteiger partial charge >= 0.3 is 0 Å². The van der Waals surface area contributed by atoms with E-state index >= 15 is 0 Å². The van der Waals surface area contributed by atoms with Crippen LogP contribution >= 0.6 is 0 Å². The van der Waals surface area contributed by atoms with Crippen molar-refractivity contribution in [2.45, 2.75) is 13.3 Å². The average molecular weight is 271 g/mol. The van der Waals surface area contributed by atoms with Crippen LogP contribution in [0.15, 0.2) is 42.7 Å². The number of hydrogen-bond donors (Lipinski definition) is 2. The molecule has 0 aliphatic rings. The predicted octanol–water partition coefficient (Wildman–Crippen LogP) is 2.38. The number of pyridine rings is 1. The van der Waals surface area contributed by atoms with E-state index in [4.69, 9.17) is 10.5 Å². The number of anilines is 2. The zero-order valence-electron chi connectivity index (χ0n) is 11.3. The Balaban J connectivity index is 1.80. The molecule has 0 aliphatic heterocycles. The Morgan fingerprint density at radius 1 is 1.40 bits per heavy atom. The molecule has 1 aromatic carbocycles. The molecule has 0 unspecified atom stereocenters. The second kappa shape index (κ2) is 6.56. The molecule has 1 aromatic heterocycles. The summed E-state index contributed by atoms with van der Waals surface area (Å²) in [7, 11) is 0. The van der Waals surface area contributed by atoms with Gasteiger partial charge in [-0.1, -0.05) is 12.1 Å². The molecule has 5 heteroatoms. The largest absolute Gasteiger partial charge is 0.493 e. The van der Waals surface area contributed by atoms with E-state index in [2.05, 4.69) is 10.3 Å². The predicted molar refractivity (Wildman–Crippen MR) is 78.6 cm³/mol. The molecule has 0 atom stereocenters. The Labute approximate surface area is 117 Å². The normalized spacial score (nSPS) is 10.1. The van der Waals surface area contributed by atoms with E-state index in [1.807, 2.05) is 31.2 Å². The lowest BCUT2D eigenvalue weighted by Crippen LogP contribution is -2.16. The summed E-state index contributed by atoms with van der Waals surface area (Å²) >= 11 is 0. The standard InChI is InChI=1S/C15H17N3O2/c1-11-3-2-4-12(9-11)20-8-6-15(19)18-14-5-7-17-10-13(14)16/h2-5,7,9-10H,6,8,16H2,1H3,(H,17,18,19). The molecule has 1 heterocycles. The second-order valence-electron chi connectivity index (χ2n) is 4.43. The minimum absolute atomic E-state index is 0.143. The van der Waals surface area contributed by atoms with Crippen LogP contribution in [0, 0.1) is 6.92 Å². The van der Waals surface area contributed by atoms with Crippen molar-refractivity contribution in [2.24, 2.45) is 0 Å². The molecule has 0 aliphatic carbocycles.